The number of benzene rings is 1. The molecule has 3 N–H and O–H groups in total. The lowest BCUT2D eigenvalue weighted by Gasteiger charge is -2.17. The molecule has 0 spiro atoms. The Labute approximate surface area is 142 Å². The number of nitrogens with zero attached hydrogens (tertiary/aromatic N) is 2. The summed E-state index contributed by atoms with van der Waals surface area (Å²) < 4.78 is 28.9. The maximum absolute atomic E-state index is 13.8. The molecule has 0 aliphatic rings. The topological polar surface area (TPSA) is 55.9 Å². The monoisotopic (exact) mass is 348 g/mol. The number of thiophene rings is 1. The number of nitrogens with two attached hydrogens (primary N) is 1. The van der Waals surface area contributed by atoms with E-state index in [1.54, 1.807) is 22.2 Å². The van der Waals surface area contributed by atoms with Crippen LogP contribution in [0.2, 0.25) is 0 Å². The van der Waals surface area contributed by atoms with Crippen molar-refractivity contribution in [3.05, 3.63) is 59.1 Å². The van der Waals surface area contributed by atoms with Crippen LogP contribution in [0.4, 0.5) is 13.8 Å². The summed E-state index contributed by atoms with van der Waals surface area (Å²) in [4.78, 5) is 0. The van der Waals surface area contributed by atoms with Gasteiger partial charge in [-0.3, -0.25) is 4.68 Å². The third-order valence-corrected chi connectivity index (χ3v) is 4.68. The van der Waals surface area contributed by atoms with E-state index in [2.05, 4.69) is 10.4 Å². The van der Waals surface area contributed by atoms with Gasteiger partial charge in [0, 0.05) is 36.8 Å². The largest absolute Gasteiger partial charge is 0.373 e. The average molecular weight is 348 g/mol. The molecule has 3 rings (SSSR count). The van der Waals surface area contributed by atoms with E-state index in [4.69, 9.17) is 5.73 Å². The summed E-state index contributed by atoms with van der Waals surface area (Å²) in [5.74, 6) is -0.866. The zero-order chi connectivity index (χ0) is 17.1. The Hall–Kier alpha value is -2.25. The van der Waals surface area contributed by atoms with Gasteiger partial charge in [0.2, 0.25) is 0 Å². The van der Waals surface area contributed by atoms with Crippen LogP contribution in [0, 0.1) is 11.6 Å². The summed E-state index contributed by atoms with van der Waals surface area (Å²) in [6.07, 6.45) is 2.06. The summed E-state index contributed by atoms with van der Waals surface area (Å²) in [5, 5.41) is 10.4. The van der Waals surface area contributed by atoms with Crippen LogP contribution in [-0.2, 0) is 13.5 Å². The molecule has 24 heavy (non-hydrogen) atoms. The number of nitrogens with one attached hydrogen (secondary N) is 1. The Balaban J connectivity index is 1.73. The van der Waals surface area contributed by atoms with Crippen LogP contribution < -0.4 is 11.1 Å². The molecule has 0 aliphatic carbocycles. The predicted octanol–water partition coefficient (Wildman–Crippen LogP) is 3.41. The number of hydrogen-bond acceptors (Lipinski definition) is 4. The van der Waals surface area contributed by atoms with Gasteiger partial charge in [-0.2, -0.15) is 5.10 Å². The second kappa shape index (κ2) is 7.11. The highest BCUT2D eigenvalue weighted by Crippen LogP contribution is 2.29. The van der Waals surface area contributed by atoms with E-state index in [1.165, 1.54) is 6.07 Å². The summed E-state index contributed by atoms with van der Waals surface area (Å²) in [6.45, 7) is 0.314. The quantitative estimate of drug-likeness (QED) is 0.718. The highest BCUT2D eigenvalue weighted by Gasteiger charge is 2.14. The van der Waals surface area contributed by atoms with Crippen molar-refractivity contribution in [2.45, 2.75) is 12.5 Å². The molecule has 1 atom stereocenters. The highest BCUT2D eigenvalue weighted by atomic mass is 32.1. The van der Waals surface area contributed by atoms with Gasteiger partial charge in [0.15, 0.2) is 0 Å². The van der Waals surface area contributed by atoms with Gasteiger partial charge in [0.25, 0.3) is 0 Å². The summed E-state index contributed by atoms with van der Waals surface area (Å²) in [7, 11) is 1.88. The van der Waals surface area contributed by atoms with Crippen LogP contribution in [-0.4, -0.2) is 22.4 Å². The van der Waals surface area contributed by atoms with E-state index in [0.29, 0.717) is 18.5 Å². The van der Waals surface area contributed by atoms with E-state index in [-0.39, 0.29) is 6.04 Å². The third-order valence-electron chi connectivity index (χ3n) is 3.82. The first-order chi connectivity index (χ1) is 11.6. The van der Waals surface area contributed by atoms with E-state index in [1.807, 2.05) is 24.6 Å². The van der Waals surface area contributed by atoms with Crippen LogP contribution in [0.25, 0.3) is 11.3 Å². The second-order valence-electron chi connectivity index (χ2n) is 5.56. The minimum absolute atomic E-state index is 0.181. The zero-order valence-corrected chi connectivity index (χ0v) is 14.0. The fraction of sp³-hybridized carbons (Fsp3) is 0.235. The fourth-order valence-corrected chi connectivity index (χ4v) is 3.44. The van der Waals surface area contributed by atoms with Crippen molar-refractivity contribution in [1.29, 1.82) is 0 Å². The van der Waals surface area contributed by atoms with E-state index in [9.17, 15) is 8.78 Å². The average Bonchev–Trinajstić information content (AvgIpc) is 3.18. The molecular formula is C17H18F2N4S. The first-order valence-electron chi connectivity index (χ1n) is 7.54. The minimum atomic E-state index is -0.447. The number of anilines is 1. The molecular weight excluding hydrogens is 330 g/mol. The van der Waals surface area contributed by atoms with Gasteiger partial charge < -0.3 is 11.1 Å². The van der Waals surface area contributed by atoms with E-state index in [0.717, 1.165) is 28.4 Å². The van der Waals surface area contributed by atoms with Gasteiger partial charge in [-0.1, -0.05) is 0 Å². The summed E-state index contributed by atoms with van der Waals surface area (Å²) >= 11 is 1.54. The third kappa shape index (κ3) is 3.63. The van der Waals surface area contributed by atoms with Gasteiger partial charge in [0.05, 0.1) is 10.7 Å². The molecule has 0 radical (unpaired) electrons. The number of aromatic nitrogens is 2. The normalized spacial score (nSPS) is 12.3. The molecule has 0 aliphatic heterocycles. The number of rotatable bonds is 6. The molecule has 0 bridgehead atoms. The van der Waals surface area contributed by atoms with Gasteiger partial charge in [-0.15, -0.1) is 11.3 Å². The summed E-state index contributed by atoms with van der Waals surface area (Å²) in [6, 6.07) is 7.24. The second-order valence-corrected chi connectivity index (χ2v) is 6.47. The Morgan fingerprint density at radius 3 is 2.83 bits per heavy atom. The van der Waals surface area contributed by atoms with E-state index < -0.39 is 11.6 Å². The van der Waals surface area contributed by atoms with Crippen molar-refractivity contribution in [2.24, 2.45) is 12.8 Å². The molecule has 2 aromatic heterocycles. The Morgan fingerprint density at radius 2 is 2.12 bits per heavy atom. The fourth-order valence-electron chi connectivity index (χ4n) is 2.56. The molecule has 0 unspecified atom stereocenters. The van der Waals surface area contributed by atoms with Crippen LogP contribution >= 0.6 is 11.3 Å². The van der Waals surface area contributed by atoms with Crippen molar-refractivity contribution >= 4 is 16.3 Å². The highest BCUT2D eigenvalue weighted by molar-refractivity contribution is 7.14. The smallest absolute Gasteiger partial charge is 0.126 e. The molecule has 126 valence electrons. The molecule has 0 saturated carbocycles. The summed E-state index contributed by atoms with van der Waals surface area (Å²) in [5.41, 5.74) is 8.18. The molecule has 4 nitrogen and oxygen atoms in total. The number of hydrogen-bond donors (Lipinski definition) is 2. The van der Waals surface area contributed by atoms with Crippen LogP contribution in [0.1, 0.15) is 5.56 Å². The van der Waals surface area contributed by atoms with Gasteiger partial charge in [-0.05, 0) is 42.3 Å². The van der Waals surface area contributed by atoms with Crippen molar-refractivity contribution in [2.75, 3.05) is 11.9 Å². The minimum Gasteiger partial charge on any atom is -0.373 e. The zero-order valence-electron chi connectivity index (χ0n) is 13.2. The van der Waals surface area contributed by atoms with Gasteiger partial charge in [0.1, 0.15) is 11.6 Å². The standard InChI is InChI=1S/C17H18F2N4S/c1-23-16(4-5-21-23)12-8-17(24-10-12)22-14(9-20)7-11-6-13(18)2-3-15(11)19/h2-6,8,10,14,22H,7,9,20H2,1H3/t14-/m0/s1. The number of halogens is 2. The molecule has 1 aromatic carbocycles. The predicted molar refractivity (Wildman–Crippen MR) is 93.0 cm³/mol. The van der Waals surface area contributed by atoms with Crippen molar-refractivity contribution in [1.82, 2.24) is 9.78 Å². The molecule has 7 heteroatoms. The maximum atomic E-state index is 13.8. The lowest BCUT2D eigenvalue weighted by Crippen LogP contribution is -2.31. The Morgan fingerprint density at radius 1 is 1.29 bits per heavy atom. The van der Waals surface area contributed by atoms with E-state index >= 15 is 0 Å². The molecule has 0 fully saturated rings. The van der Waals surface area contributed by atoms with Gasteiger partial charge >= 0.3 is 0 Å². The lowest BCUT2D eigenvalue weighted by molar-refractivity contribution is 0.575. The molecule has 0 saturated heterocycles. The van der Waals surface area contributed by atoms with Crippen molar-refractivity contribution in [3.63, 3.8) is 0 Å². The van der Waals surface area contributed by atoms with Crippen molar-refractivity contribution in [3.8, 4) is 11.3 Å². The van der Waals surface area contributed by atoms with Crippen LogP contribution in [0.15, 0.2) is 41.9 Å². The SMILES string of the molecule is Cn1nccc1-c1csc(N[C@H](CN)Cc2cc(F)ccc2F)c1. The lowest BCUT2D eigenvalue weighted by atomic mass is 10.1. The molecule has 2 heterocycles. The van der Waals surface area contributed by atoms with Crippen LogP contribution in [0.5, 0.6) is 0 Å². The Kier molecular flexibility index (Phi) is 4.92. The molecule has 3 aromatic rings. The molecule has 0 amide bonds. The first-order valence-corrected chi connectivity index (χ1v) is 8.42. The van der Waals surface area contributed by atoms with Crippen LogP contribution in [0.3, 0.4) is 0 Å². The maximum Gasteiger partial charge on any atom is 0.126 e. The number of aryl methyl sites for hydroxylation is 1. The Bertz CT molecular complexity index is 828. The first kappa shape index (κ1) is 16.6. The van der Waals surface area contributed by atoms with Crippen molar-refractivity contribution < 1.29 is 8.78 Å². The van der Waals surface area contributed by atoms with Gasteiger partial charge in [-0.25, -0.2) is 8.78 Å².